The van der Waals surface area contributed by atoms with Crippen molar-refractivity contribution in [3.63, 3.8) is 0 Å². The number of likely N-dealkylation sites (N-methyl/N-ethyl adjacent to an activating group) is 1. The Hall–Kier alpha value is -0.940. The molecule has 0 atom stereocenters. The number of rotatable bonds is 5. The van der Waals surface area contributed by atoms with Gasteiger partial charge in [0, 0.05) is 32.0 Å². The SMILES string of the molecule is CCN(CCN1C(=O)CCC1=O)C1CCNCC1. The van der Waals surface area contributed by atoms with E-state index in [-0.39, 0.29) is 11.8 Å². The minimum Gasteiger partial charge on any atom is -0.317 e. The number of nitrogens with zero attached hydrogens (tertiary/aromatic N) is 2. The molecule has 0 aliphatic carbocycles. The van der Waals surface area contributed by atoms with Gasteiger partial charge in [-0.15, -0.1) is 0 Å². The van der Waals surface area contributed by atoms with Crippen molar-refractivity contribution in [3.8, 4) is 0 Å². The molecule has 2 aliphatic rings. The maximum atomic E-state index is 11.5. The molecular weight excluding hydrogens is 230 g/mol. The van der Waals surface area contributed by atoms with Gasteiger partial charge in [0.05, 0.1) is 0 Å². The molecule has 0 spiro atoms. The molecule has 0 aromatic rings. The first-order chi connectivity index (χ1) is 8.72. The molecule has 5 nitrogen and oxygen atoms in total. The maximum absolute atomic E-state index is 11.5. The molecule has 2 saturated heterocycles. The Kier molecular flexibility index (Phi) is 4.72. The average Bonchev–Trinajstić information content (AvgIpc) is 2.72. The minimum absolute atomic E-state index is 0.00126. The van der Waals surface area contributed by atoms with Crippen LogP contribution in [0.5, 0.6) is 0 Å². The maximum Gasteiger partial charge on any atom is 0.229 e. The highest BCUT2D eigenvalue weighted by atomic mass is 16.2. The highest BCUT2D eigenvalue weighted by Crippen LogP contribution is 2.14. The quantitative estimate of drug-likeness (QED) is 0.712. The molecule has 0 bridgehead atoms. The van der Waals surface area contributed by atoms with Gasteiger partial charge in [0.25, 0.3) is 0 Å². The molecular formula is C13H23N3O2. The van der Waals surface area contributed by atoms with Crippen LogP contribution in [-0.2, 0) is 9.59 Å². The van der Waals surface area contributed by atoms with Crippen molar-refractivity contribution in [2.75, 3.05) is 32.7 Å². The fourth-order valence-electron chi connectivity index (χ4n) is 2.87. The van der Waals surface area contributed by atoms with Crippen LogP contribution in [0.3, 0.4) is 0 Å². The van der Waals surface area contributed by atoms with E-state index in [0.717, 1.165) is 39.0 Å². The van der Waals surface area contributed by atoms with Crippen LogP contribution >= 0.6 is 0 Å². The van der Waals surface area contributed by atoms with Crippen LogP contribution in [0, 0.1) is 0 Å². The molecule has 0 saturated carbocycles. The summed E-state index contributed by atoms with van der Waals surface area (Å²) in [5.74, 6) is 0.00253. The van der Waals surface area contributed by atoms with Crippen LogP contribution in [0.1, 0.15) is 32.6 Å². The summed E-state index contributed by atoms with van der Waals surface area (Å²) in [6.45, 7) is 6.66. The van der Waals surface area contributed by atoms with Crippen LogP contribution in [0.4, 0.5) is 0 Å². The van der Waals surface area contributed by atoms with Gasteiger partial charge in [0.2, 0.25) is 11.8 Å². The van der Waals surface area contributed by atoms with Crippen LogP contribution < -0.4 is 5.32 Å². The van der Waals surface area contributed by atoms with Crippen molar-refractivity contribution >= 4 is 11.8 Å². The summed E-state index contributed by atoms with van der Waals surface area (Å²) in [5, 5.41) is 3.36. The van der Waals surface area contributed by atoms with Crippen molar-refractivity contribution in [2.24, 2.45) is 0 Å². The number of nitrogens with one attached hydrogen (secondary N) is 1. The second-order valence-corrected chi connectivity index (χ2v) is 5.05. The molecule has 0 aromatic heterocycles. The molecule has 2 heterocycles. The second kappa shape index (κ2) is 6.29. The van der Waals surface area contributed by atoms with Crippen molar-refractivity contribution in [2.45, 2.75) is 38.6 Å². The summed E-state index contributed by atoms with van der Waals surface area (Å²) in [5.41, 5.74) is 0. The van der Waals surface area contributed by atoms with Crippen LogP contribution in [-0.4, -0.2) is 60.4 Å². The number of hydrogen-bond donors (Lipinski definition) is 1. The Morgan fingerprint density at radius 1 is 1.22 bits per heavy atom. The van der Waals surface area contributed by atoms with E-state index in [4.69, 9.17) is 0 Å². The Labute approximate surface area is 108 Å². The third kappa shape index (κ3) is 3.09. The monoisotopic (exact) mass is 253 g/mol. The molecule has 2 aliphatic heterocycles. The van der Waals surface area contributed by atoms with Gasteiger partial charge < -0.3 is 5.32 Å². The molecule has 5 heteroatoms. The summed E-state index contributed by atoms with van der Waals surface area (Å²) in [4.78, 5) is 26.9. The zero-order valence-electron chi connectivity index (χ0n) is 11.2. The van der Waals surface area contributed by atoms with Gasteiger partial charge in [-0.2, -0.15) is 0 Å². The highest BCUT2D eigenvalue weighted by Gasteiger charge is 2.29. The molecule has 0 radical (unpaired) electrons. The number of imide groups is 1. The predicted octanol–water partition coefficient (Wildman–Crippen LogP) is 0.209. The largest absolute Gasteiger partial charge is 0.317 e. The number of likely N-dealkylation sites (tertiary alicyclic amines) is 1. The van der Waals surface area contributed by atoms with E-state index in [1.807, 2.05) is 0 Å². The van der Waals surface area contributed by atoms with Gasteiger partial charge in [-0.3, -0.25) is 19.4 Å². The summed E-state index contributed by atoms with van der Waals surface area (Å²) in [6, 6.07) is 0.601. The topological polar surface area (TPSA) is 52.7 Å². The Balaban J connectivity index is 1.82. The summed E-state index contributed by atoms with van der Waals surface area (Å²) >= 11 is 0. The van der Waals surface area contributed by atoms with Gasteiger partial charge in [-0.05, 0) is 32.5 Å². The lowest BCUT2D eigenvalue weighted by Crippen LogP contribution is -2.46. The van der Waals surface area contributed by atoms with Crippen LogP contribution in [0.15, 0.2) is 0 Å². The third-order valence-electron chi connectivity index (χ3n) is 4.00. The lowest BCUT2D eigenvalue weighted by molar-refractivity contribution is -0.138. The van der Waals surface area contributed by atoms with Crippen LogP contribution in [0.25, 0.3) is 0 Å². The van der Waals surface area contributed by atoms with E-state index in [9.17, 15) is 9.59 Å². The molecule has 18 heavy (non-hydrogen) atoms. The summed E-state index contributed by atoms with van der Waals surface area (Å²) in [7, 11) is 0. The molecule has 0 unspecified atom stereocenters. The standard InChI is InChI=1S/C13H23N3O2/c1-2-15(11-5-7-14-8-6-11)9-10-16-12(17)3-4-13(16)18/h11,14H,2-10H2,1H3. The van der Waals surface area contributed by atoms with Crippen molar-refractivity contribution in [3.05, 3.63) is 0 Å². The first kappa shape index (κ1) is 13.5. The number of hydrogen-bond acceptors (Lipinski definition) is 4. The van der Waals surface area contributed by atoms with Gasteiger partial charge in [0.15, 0.2) is 0 Å². The predicted molar refractivity (Wildman–Crippen MR) is 69.1 cm³/mol. The molecule has 1 N–H and O–H groups in total. The highest BCUT2D eigenvalue weighted by molar-refractivity contribution is 6.01. The first-order valence-corrected chi connectivity index (χ1v) is 7.00. The minimum atomic E-state index is 0.00126. The Bertz CT molecular complexity index is 297. The van der Waals surface area contributed by atoms with Crippen molar-refractivity contribution < 1.29 is 9.59 Å². The molecule has 2 fully saturated rings. The smallest absolute Gasteiger partial charge is 0.229 e. The van der Waals surface area contributed by atoms with E-state index >= 15 is 0 Å². The Morgan fingerprint density at radius 3 is 2.39 bits per heavy atom. The Morgan fingerprint density at radius 2 is 1.83 bits per heavy atom. The van der Waals surface area contributed by atoms with E-state index in [0.29, 0.717) is 25.4 Å². The van der Waals surface area contributed by atoms with Crippen molar-refractivity contribution in [1.82, 2.24) is 15.1 Å². The lowest BCUT2D eigenvalue weighted by Gasteiger charge is -2.34. The fraction of sp³-hybridized carbons (Fsp3) is 0.846. The number of piperidine rings is 1. The molecule has 0 aromatic carbocycles. The van der Waals surface area contributed by atoms with E-state index < -0.39 is 0 Å². The number of carbonyl (C=O) groups is 2. The van der Waals surface area contributed by atoms with Gasteiger partial charge >= 0.3 is 0 Å². The van der Waals surface area contributed by atoms with E-state index in [1.165, 1.54) is 4.90 Å². The second-order valence-electron chi connectivity index (χ2n) is 5.05. The van der Waals surface area contributed by atoms with E-state index in [1.54, 1.807) is 0 Å². The van der Waals surface area contributed by atoms with Gasteiger partial charge in [-0.1, -0.05) is 6.92 Å². The molecule has 2 amide bonds. The summed E-state index contributed by atoms with van der Waals surface area (Å²) in [6.07, 6.45) is 3.13. The van der Waals surface area contributed by atoms with Gasteiger partial charge in [-0.25, -0.2) is 0 Å². The molecule has 2 rings (SSSR count). The third-order valence-corrected chi connectivity index (χ3v) is 4.00. The van der Waals surface area contributed by atoms with Crippen molar-refractivity contribution in [1.29, 1.82) is 0 Å². The number of amides is 2. The average molecular weight is 253 g/mol. The van der Waals surface area contributed by atoms with Gasteiger partial charge in [0.1, 0.15) is 0 Å². The zero-order chi connectivity index (χ0) is 13.0. The first-order valence-electron chi connectivity index (χ1n) is 7.00. The normalized spacial score (nSPS) is 22.2. The lowest BCUT2D eigenvalue weighted by atomic mass is 10.0. The zero-order valence-corrected chi connectivity index (χ0v) is 11.2. The fourth-order valence-corrected chi connectivity index (χ4v) is 2.87. The number of carbonyl (C=O) groups excluding carboxylic acids is 2. The van der Waals surface area contributed by atoms with Crippen LogP contribution in [0.2, 0.25) is 0 Å². The summed E-state index contributed by atoms with van der Waals surface area (Å²) < 4.78 is 0. The molecule has 102 valence electrons. The van der Waals surface area contributed by atoms with E-state index in [2.05, 4.69) is 17.1 Å².